The molecule has 1 heteroatoms. The number of rotatable bonds is 1. The van der Waals surface area contributed by atoms with Crippen molar-refractivity contribution in [3.63, 3.8) is 0 Å². The van der Waals surface area contributed by atoms with Gasteiger partial charge in [-0.05, 0) is 0 Å². The van der Waals surface area contributed by atoms with E-state index in [1.165, 1.54) is 38.6 Å². The van der Waals surface area contributed by atoms with Crippen LogP contribution in [0.5, 0.6) is 0 Å². The number of benzene rings is 3. The van der Waals surface area contributed by atoms with Crippen LogP contribution < -0.4 is 0 Å². The van der Waals surface area contributed by atoms with E-state index in [2.05, 4.69) is 94.1 Å². The first-order valence-corrected chi connectivity index (χ1v) is 8.17. The molecule has 0 aromatic heterocycles. The van der Waals surface area contributed by atoms with E-state index in [4.69, 9.17) is 0 Å². The zero-order valence-corrected chi connectivity index (χ0v) is 13.5. The molecule has 0 nitrogen and oxygen atoms in total. The van der Waals surface area contributed by atoms with Gasteiger partial charge in [-0.3, -0.25) is 0 Å². The van der Waals surface area contributed by atoms with Crippen molar-refractivity contribution in [1.82, 2.24) is 0 Å². The predicted molar refractivity (Wildman–Crippen MR) is 84.8 cm³/mol. The third kappa shape index (κ3) is 1.94. The van der Waals surface area contributed by atoms with E-state index in [1.54, 1.807) is 0 Å². The Hall–Kier alpha value is -1.63. The molecule has 1 aliphatic rings. The number of hydrogen-bond donors (Lipinski definition) is 0. The first-order chi connectivity index (χ1) is 10.3. The molecule has 4 rings (SSSR count). The normalized spacial score (nSPS) is 17.2. The first kappa shape index (κ1) is 13.1. The van der Waals surface area contributed by atoms with E-state index in [0.29, 0.717) is 4.22 Å². The van der Waals surface area contributed by atoms with E-state index >= 15 is 0 Å². The Bertz CT molecular complexity index is 868. The maximum atomic E-state index is 2.31. The quantitative estimate of drug-likeness (QED) is 0.538. The van der Waals surface area contributed by atoms with Crippen molar-refractivity contribution < 1.29 is 20.4 Å². The van der Waals surface area contributed by atoms with Gasteiger partial charge in [-0.15, -0.1) is 0 Å². The molecule has 1 unspecified atom stereocenters. The molecular formula is C20H15Ti. The molecule has 1 aliphatic carbocycles. The second kappa shape index (κ2) is 4.98. The molecule has 1 atom stereocenters. The summed E-state index contributed by atoms with van der Waals surface area (Å²) in [7, 11) is 0. The Labute approximate surface area is 136 Å². The maximum absolute atomic E-state index is 2.31. The number of allylic oxidation sites excluding steroid dienone is 1. The summed E-state index contributed by atoms with van der Waals surface area (Å²) >= 11 is 2.31. The van der Waals surface area contributed by atoms with Crippen LogP contribution in [0, 0.1) is 0 Å². The molecule has 99 valence electrons. The standard InChI is InChI=1S/C20H15.Ti/c1-14-13-16-8-3-5-11-18(16)20(14)19-12-6-9-15-7-2-4-10-17(15)19;/h2-13H,1H3;. The fraction of sp³-hybridized carbons (Fsp3) is 0.100. The van der Waals surface area contributed by atoms with E-state index in [0.717, 1.165) is 0 Å². The van der Waals surface area contributed by atoms with Crippen LogP contribution in [0.15, 0.2) is 72.3 Å². The van der Waals surface area contributed by atoms with Crippen LogP contribution in [-0.2, 0) is 20.4 Å². The second-order valence-corrected chi connectivity index (χ2v) is 6.51. The summed E-state index contributed by atoms with van der Waals surface area (Å²) in [4.78, 5) is 0. The third-order valence-electron chi connectivity index (χ3n) is 4.43. The molecule has 3 aromatic rings. The molecule has 21 heavy (non-hydrogen) atoms. The molecule has 0 aliphatic heterocycles. The van der Waals surface area contributed by atoms with Crippen LogP contribution in [-0.4, -0.2) is 0 Å². The van der Waals surface area contributed by atoms with Crippen molar-refractivity contribution in [2.45, 2.75) is 11.1 Å². The van der Waals surface area contributed by atoms with Crippen LogP contribution in [0.4, 0.5) is 0 Å². The molecule has 0 fully saturated rings. The summed E-state index contributed by atoms with van der Waals surface area (Å²) in [5.41, 5.74) is 7.13. The summed E-state index contributed by atoms with van der Waals surface area (Å²) in [5.74, 6) is 0. The van der Waals surface area contributed by atoms with Gasteiger partial charge < -0.3 is 0 Å². The molecule has 0 spiro atoms. The van der Waals surface area contributed by atoms with Crippen molar-refractivity contribution in [2.24, 2.45) is 0 Å². The molecule has 0 bridgehead atoms. The molecule has 0 saturated heterocycles. The fourth-order valence-corrected chi connectivity index (χ4v) is 3.99. The average Bonchev–Trinajstić information content (AvgIpc) is 2.79. The monoisotopic (exact) mass is 303 g/mol. The van der Waals surface area contributed by atoms with Crippen LogP contribution in [0.3, 0.4) is 0 Å². The average molecular weight is 303 g/mol. The topological polar surface area (TPSA) is 0 Å². The summed E-state index contributed by atoms with van der Waals surface area (Å²) in [6.07, 6.45) is 0. The molecular weight excluding hydrogens is 288 g/mol. The SMILES string of the molecule is CC1=C(c2cccc3ccccc23)c2ccccc2[CH]1[Ti]. The Balaban J connectivity index is 2.05. The van der Waals surface area contributed by atoms with Gasteiger partial charge in [0, 0.05) is 0 Å². The second-order valence-electron chi connectivity index (χ2n) is 5.60. The first-order valence-electron chi connectivity index (χ1n) is 7.26. The Morgan fingerprint density at radius 2 is 1.43 bits per heavy atom. The third-order valence-corrected chi connectivity index (χ3v) is 5.59. The van der Waals surface area contributed by atoms with Gasteiger partial charge in [0.25, 0.3) is 0 Å². The van der Waals surface area contributed by atoms with Gasteiger partial charge in [0.15, 0.2) is 0 Å². The summed E-state index contributed by atoms with van der Waals surface area (Å²) in [5, 5.41) is 2.66. The van der Waals surface area contributed by atoms with Gasteiger partial charge in [0.2, 0.25) is 0 Å². The van der Waals surface area contributed by atoms with E-state index < -0.39 is 0 Å². The minimum absolute atomic E-state index is 0.509. The molecule has 0 heterocycles. The number of hydrogen-bond acceptors (Lipinski definition) is 0. The van der Waals surface area contributed by atoms with Crippen LogP contribution >= 0.6 is 0 Å². The van der Waals surface area contributed by atoms with Crippen molar-refractivity contribution >= 4 is 16.3 Å². The Morgan fingerprint density at radius 1 is 0.762 bits per heavy atom. The molecule has 0 radical (unpaired) electrons. The van der Waals surface area contributed by atoms with Gasteiger partial charge in [0.05, 0.1) is 0 Å². The summed E-state index contributed by atoms with van der Waals surface area (Å²) in [6, 6.07) is 24.1. The van der Waals surface area contributed by atoms with E-state index in [9.17, 15) is 0 Å². The van der Waals surface area contributed by atoms with Gasteiger partial charge in [-0.2, -0.15) is 0 Å². The minimum atomic E-state index is 0.509. The molecule has 3 aromatic carbocycles. The van der Waals surface area contributed by atoms with Gasteiger partial charge in [0.1, 0.15) is 0 Å². The van der Waals surface area contributed by atoms with Gasteiger partial charge in [-0.25, -0.2) is 0 Å². The number of fused-ring (bicyclic) bond motifs is 2. The van der Waals surface area contributed by atoms with Gasteiger partial charge >= 0.3 is 137 Å². The summed E-state index contributed by atoms with van der Waals surface area (Å²) < 4.78 is 0.509. The summed E-state index contributed by atoms with van der Waals surface area (Å²) in [6.45, 7) is 2.28. The Morgan fingerprint density at radius 3 is 2.33 bits per heavy atom. The zero-order chi connectivity index (χ0) is 14.4. The van der Waals surface area contributed by atoms with Crippen molar-refractivity contribution in [2.75, 3.05) is 0 Å². The van der Waals surface area contributed by atoms with E-state index in [1.807, 2.05) is 0 Å². The van der Waals surface area contributed by atoms with E-state index in [-0.39, 0.29) is 0 Å². The molecule has 0 N–H and O–H groups in total. The molecule has 0 amide bonds. The van der Waals surface area contributed by atoms with Gasteiger partial charge in [-0.1, -0.05) is 0 Å². The molecule has 0 saturated carbocycles. The van der Waals surface area contributed by atoms with Crippen molar-refractivity contribution in [3.8, 4) is 0 Å². The van der Waals surface area contributed by atoms with Crippen LogP contribution in [0.1, 0.15) is 27.8 Å². The Kier molecular flexibility index (Phi) is 3.10. The van der Waals surface area contributed by atoms with Crippen molar-refractivity contribution in [1.29, 1.82) is 0 Å². The van der Waals surface area contributed by atoms with Crippen molar-refractivity contribution in [3.05, 3.63) is 89.0 Å². The van der Waals surface area contributed by atoms with Crippen LogP contribution in [0.2, 0.25) is 0 Å². The predicted octanol–water partition coefficient (Wildman–Crippen LogP) is 5.26. The zero-order valence-electron chi connectivity index (χ0n) is 11.9. The van der Waals surface area contributed by atoms with Crippen LogP contribution in [0.25, 0.3) is 16.3 Å². The fourth-order valence-electron chi connectivity index (χ4n) is 3.37.